The van der Waals surface area contributed by atoms with E-state index < -0.39 is 10.8 Å². The summed E-state index contributed by atoms with van der Waals surface area (Å²) >= 11 is 0. The van der Waals surface area contributed by atoms with Crippen LogP contribution in [0.15, 0.2) is 41.3 Å². The highest BCUT2D eigenvalue weighted by molar-refractivity contribution is 7.84. The second kappa shape index (κ2) is 10.8. The molecule has 2 aromatic rings. The lowest BCUT2D eigenvalue weighted by molar-refractivity contribution is 0.313. The van der Waals surface area contributed by atoms with Gasteiger partial charge in [0, 0.05) is 34.5 Å². The molecule has 1 aromatic heterocycles. The van der Waals surface area contributed by atoms with Crippen LogP contribution in [0.25, 0.3) is 0 Å². The van der Waals surface area contributed by atoms with E-state index in [2.05, 4.69) is 24.0 Å². The van der Waals surface area contributed by atoms with Gasteiger partial charge in [0.05, 0.1) is 19.0 Å². The zero-order valence-electron chi connectivity index (χ0n) is 15.5. The second-order valence-corrected chi connectivity index (χ2v) is 7.60. The van der Waals surface area contributed by atoms with Crippen LogP contribution in [0.4, 0.5) is 0 Å². The summed E-state index contributed by atoms with van der Waals surface area (Å²) in [5.41, 5.74) is 1.76. The first kappa shape index (κ1) is 20.2. The highest BCUT2D eigenvalue weighted by Gasteiger charge is 2.06. The van der Waals surface area contributed by atoms with Gasteiger partial charge in [-0.15, -0.1) is 0 Å². The van der Waals surface area contributed by atoms with E-state index in [1.54, 1.807) is 6.20 Å². The average Bonchev–Trinajstić information content (AvgIpc) is 2.65. The van der Waals surface area contributed by atoms with Gasteiger partial charge >= 0.3 is 0 Å². The fraction of sp³-hybridized carbons (Fsp3) is 0.450. The maximum atomic E-state index is 12.2. The van der Waals surface area contributed by atoms with Crippen molar-refractivity contribution in [3.05, 3.63) is 58.0 Å². The van der Waals surface area contributed by atoms with Crippen molar-refractivity contribution in [3.63, 3.8) is 0 Å². The van der Waals surface area contributed by atoms with E-state index in [1.165, 1.54) is 11.6 Å². The first-order valence-electron chi connectivity index (χ1n) is 9.03. The molecule has 1 aromatic carbocycles. The molecule has 1 N–H and O–H groups in total. The molecule has 142 valence electrons. The van der Waals surface area contributed by atoms with E-state index >= 15 is 0 Å². The van der Waals surface area contributed by atoms with Crippen molar-refractivity contribution in [2.75, 3.05) is 19.0 Å². The van der Waals surface area contributed by atoms with Crippen molar-refractivity contribution in [1.29, 1.82) is 0 Å². The van der Waals surface area contributed by atoms with Crippen molar-refractivity contribution in [2.24, 2.45) is 0 Å². The molecule has 0 bridgehead atoms. The van der Waals surface area contributed by atoms with E-state index in [4.69, 9.17) is 9.47 Å². The molecule has 0 saturated carbocycles. The molecule has 1 heterocycles. The SMILES string of the molecule is CCCOc1c[nH]c(CS(=O)CCCOc2ccc(CC)cc2)cc1=O. The Morgan fingerprint density at radius 1 is 1.08 bits per heavy atom. The second-order valence-electron chi connectivity index (χ2n) is 6.02. The fourth-order valence-electron chi connectivity index (χ4n) is 2.39. The standard InChI is InChI=1S/C20H27NO4S/c1-3-10-25-20-14-21-17(13-19(20)22)15-26(23)12-5-11-24-18-8-6-16(4-2)7-9-18/h6-9,13-14H,3-5,10-12,15H2,1-2H3,(H,21,22). The van der Waals surface area contributed by atoms with Crippen LogP contribution >= 0.6 is 0 Å². The zero-order chi connectivity index (χ0) is 18.8. The van der Waals surface area contributed by atoms with Crippen molar-refractivity contribution in [1.82, 2.24) is 4.98 Å². The number of H-pyrrole nitrogens is 1. The van der Waals surface area contributed by atoms with Crippen LogP contribution < -0.4 is 14.9 Å². The van der Waals surface area contributed by atoms with Gasteiger partial charge in [0.25, 0.3) is 0 Å². The van der Waals surface area contributed by atoms with Gasteiger partial charge in [-0.3, -0.25) is 9.00 Å². The molecule has 5 nitrogen and oxygen atoms in total. The van der Waals surface area contributed by atoms with Gasteiger partial charge in [-0.2, -0.15) is 0 Å². The minimum Gasteiger partial charge on any atom is -0.494 e. The third kappa shape index (κ3) is 6.67. The predicted molar refractivity (Wildman–Crippen MR) is 105 cm³/mol. The highest BCUT2D eigenvalue weighted by Crippen LogP contribution is 2.13. The molecular formula is C20H27NO4S. The van der Waals surface area contributed by atoms with E-state index in [0.29, 0.717) is 42.6 Å². The number of nitrogens with one attached hydrogen (secondary N) is 1. The largest absolute Gasteiger partial charge is 0.494 e. The summed E-state index contributed by atoms with van der Waals surface area (Å²) < 4.78 is 23.2. The quantitative estimate of drug-likeness (QED) is 0.609. The van der Waals surface area contributed by atoms with Gasteiger partial charge in [0.1, 0.15) is 5.75 Å². The summed E-state index contributed by atoms with van der Waals surface area (Å²) in [5, 5.41) is 0. The lowest BCUT2D eigenvalue weighted by Crippen LogP contribution is -2.12. The number of aryl methyl sites for hydroxylation is 1. The minimum atomic E-state index is -1.05. The molecule has 0 fully saturated rings. The van der Waals surface area contributed by atoms with E-state index in [9.17, 15) is 9.00 Å². The summed E-state index contributed by atoms with van der Waals surface area (Å²) in [4.78, 5) is 14.9. The summed E-state index contributed by atoms with van der Waals surface area (Å²) in [6.45, 7) is 5.13. The Bertz CT molecular complexity index is 755. The summed E-state index contributed by atoms with van der Waals surface area (Å²) in [5.74, 6) is 2.00. The molecule has 0 amide bonds. The predicted octanol–water partition coefficient (Wildman–Crippen LogP) is 3.44. The van der Waals surface area contributed by atoms with Gasteiger partial charge in [-0.1, -0.05) is 26.0 Å². The Kier molecular flexibility index (Phi) is 8.41. The lowest BCUT2D eigenvalue weighted by atomic mass is 10.2. The summed E-state index contributed by atoms with van der Waals surface area (Å²) in [7, 11) is -1.05. The number of hydrogen-bond acceptors (Lipinski definition) is 4. The smallest absolute Gasteiger partial charge is 0.223 e. The van der Waals surface area contributed by atoms with Gasteiger partial charge in [0.2, 0.25) is 5.43 Å². The van der Waals surface area contributed by atoms with Crippen LogP contribution in [0.5, 0.6) is 11.5 Å². The normalized spacial score (nSPS) is 11.9. The lowest BCUT2D eigenvalue weighted by Gasteiger charge is -2.08. The maximum absolute atomic E-state index is 12.2. The molecule has 0 aliphatic rings. The Balaban J connectivity index is 1.72. The van der Waals surface area contributed by atoms with Crippen LogP contribution in [-0.2, 0) is 23.0 Å². The number of benzene rings is 1. The number of rotatable bonds is 11. The molecule has 1 unspecified atom stereocenters. The molecule has 0 radical (unpaired) electrons. The first-order chi connectivity index (χ1) is 12.6. The molecule has 0 spiro atoms. The monoisotopic (exact) mass is 377 g/mol. The highest BCUT2D eigenvalue weighted by atomic mass is 32.2. The average molecular weight is 378 g/mol. The summed E-state index contributed by atoms with van der Waals surface area (Å²) in [6.07, 6.45) is 4.10. The fourth-order valence-corrected chi connectivity index (χ4v) is 3.48. The van der Waals surface area contributed by atoms with E-state index in [-0.39, 0.29) is 5.43 Å². The van der Waals surface area contributed by atoms with Gasteiger partial charge in [-0.05, 0) is 37.0 Å². The molecule has 6 heteroatoms. The Morgan fingerprint density at radius 2 is 1.85 bits per heavy atom. The number of hydrogen-bond donors (Lipinski definition) is 1. The minimum absolute atomic E-state index is 0.178. The third-order valence-electron chi connectivity index (χ3n) is 3.83. The maximum Gasteiger partial charge on any atom is 0.223 e. The molecule has 0 saturated heterocycles. The van der Waals surface area contributed by atoms with E-state index in [0.717, 1.165) is 18.6 Å². The van der Waals surface area contributed by atoms with Crippen LogP contribution in [0, 0.1) is 0 Å². The van der Waals surface area contributed by atoms with Gasteiger partial charge in [0.15, 0.2) is 5.75 Å². The van der Waals surface area contributed by atoms with E-state index in [1.807, 2.05) is 19.1 Å². The number of pyridine rings is 1. The van der Waals surface area contributed by atoms with Crippen molar-refractivity contribution >= 4 is 10.8 Å². The third-order valence-corrected chi connectivity index (χ3v) is 5.21. The van der Waals surface area contributed by atoms with Crippen molar-refractivity contribution < 1.29 is 13.7 Å². The topological polar surface area (TPSA) is 68.4 Å². The number of aromatic amines is 1. The van der Waals surface area contributed by atoms with Crippen LogP contribution in [-0.4, -0.2) is 28.2 Å². The Morgan fingerprint density at radius 3 is 2.50 bits per heavy atom. The molecule has 0 aliphatic carbocycles. The summed E-state index contributed by atoms with van der Waals surface area (Å²) in [6, 6.07) is 9.50. The first-order valence-corrected chi connectivity index (χ1v) is 10.5. The van der Waals surface area contributed by atoms with Crippen molar-refractivity contribution in [2.45, 2.75) is 38.9 Å². The Labute approximate surface area is 157 Å². The molecule has 26 heavy (non-hydrogen) atoms. The van der Waals surface area contributed by atoms with Crippen LogP contribution in [0.2, 0.25) is 0 Å². The Hall–Kier alpha value is -2.08. The number of aromatic nitrogens is 1. The zero-order valence-corrected chi connectivity index (χ0v) is 16.3. The van der Waals surface area contributed by atoms with Gasteiger partial charge < -0.3 is 14.5 Å². The van der Waals surface area contributed by atoms with Crippen LogP contribution in [0.3, 0.4) is 0 Å². The number of ether oxygens (including phenoxy) is 2. The molecule has 0 aliphatic heterocycles. The van der Waals surface area contributed by atoms with Crippen LogP contribution in [0.1, 0.15) is 37.9 Å². The van der Waals surface area contributed by atoms with Crippen molar-refractivity contribution in [3.8, 4) is 11.5 Å². The molecule has 1 atom stereocenters. The van der Waals surface area contributed by atoms with Gasteiger partial charge in [-0.25, -0.2) is 0 Å². The molecular weight excluding hydrogens is 350 g/mol. The molecule has 2 rings (SSSR count).